The smallest absolute Gasteiger partial charge is 0.154 e. The Bertz CT molecular complexity index is 368. The minimum atomic E-state index is -0.557. The van der Waals surface area contributed by atoms with E-state index in [0.717, 1.165) is 11.1 Å². The zero-order chi connectivity index (χ0) is 11.4. The van der Waals surface area contributed by atoms with E-state index in [1.807, 2.05) is 6.92 Å². The number of aryl methyl sites for hydroxylation is 1. The Hall–Kier alpha value is -1.42. The molecule has 1 aromatic rings. The first-order chi connectivity index (χ1) is 7.00. The van der Waals surface area contributed by atoms with Crippen LogP contribution in [0.4, 0.5) is 0 Å². The highest BCUT2D eigenvalue weighted by Crippen LogP contribution is 2.13. The van der Waals surface area contributed by atoms with Crippen molar-refractivity contribution in [2.24, 2.45) is 12.8 Å². The number of allylic oxidation sites excluding steroid dienone is 1. The van der Waals surface area contributed by atoms with Gasteiger partial charge in [-0.3, -0.25) is 9.48 Å². The molecule has 0 spiro atoms. The largest absolute Gasteiger partial charge is 0.318 e. The standard InChI is InChI=1S/C11H17N3O/c1-8(2)4-5-10(15)11(12)9-6-13-14(3)7-9/h6-7,11H,1,4-5,12H2,2-3H3. The third kappa shape index (κ3) is 3.32. The fourth-order valence-electron chi connectivity index (χ4n) is 1.28. The molecule has 0 radical (unpaired) electrons. The van der Waals surface area contributed by atoms with Crippen molar-refractivity contribution in [3.05, 3.63) is 30.1 Å². The average Bonchev–Trinajstić information content (AvgIpc) is 2.60. The first-order valence-electron chi connectivity index (χ1n) is 4.92. The Balaban J connectivity index is 2.56. The van der Waals surface area contributed by atoms with E-state index in [1.54, 1.807) is 24.1 Å². The number of carbonyl (C=O) groups excluding carboxylic acids is 1. The molecule has 15 heavy (non-hydrogen) atoms. The highest BCUT2D eigenvalue weighted by atomic mass is 16.1. The summed E-state index contributed by atoms with van der Waals surface area (Å²) in [5, 5.41) is 3.98. The zero-order valence-corrected chi connectivity index (χ0v) is 9.23. The summed E-state index contributed by atoms with van der Waals surface area (Å²) in [7, 11) is 1.80. The van der Waals surface area contributed by atoms with Crippen molar-refractivity contribution in [3.8, 4) is 0 Å². The van der Waals surface area contributed by atoms with E-state index in [9.17, 15) is 4.79 Å². The predicted molar refractivity (Wildman–Crippen MR) is 59.2 cm³/mol. The van der Waals surface area contributed by atoms with Crippen LogP contribution >= 0.6 is 0 Å². The van der Waals surface area contributed by atoms with Gasteiger partial charge in [-0.05, 0) is 13.3 Å². The molecule has 0 saturated heterocycles. The number of nitrogens with two attached hydrogens (primary N) is 1. The van der Waals surface area contributed by atoms with Gasteiger partial charge in [0.25, 0.3) is 0 Å². The van der Waals surface area contributed by atoms with Gasteiger partial charge in [-0.1, -0.05) is 5.57 Å². The van der Waals surface area contributed by atoms with Crippen molar-refractivity contribution < 1.29 is 4.79 Å². The number of hydrogen-bond donors (Lipinski definition) is 1. The molecule has 1 unspecified atom stereocenters. The molecule has 0 bridgehead atoms. The minimum Gasteiger partial charge on any atom is -0.318 e. The summed E-state index contributed by atoms with van der Waals surface area (Å²) in [6.45, 7) is 5.66. The molecule has 4 heteroatoms. The normalized spacial score (nSPS) is 12.5. The first kappa shape index (κ1) is 11.7. The number of ketones is 1. The Morgan fingerprint density at radius 3 is 2.80 bits per heavy atom. The number of carbonyl (C=O) groups is 1. The summed E-state index contributed by atoms with van der Waals surface area (Å²) >= 11 is 0. The van der Waals surface area contributed by atoms with E-state index >= 15 is 0 Å². The van der Waals surface area contributed by atoms with Crippen LogP contribution in [0.1, 0.15) is 31.4 Å². The van der Waals surface area contributed by atoms with Crippen LogP contribution in [0.2, 0.25) is 0 Å². The SMILES string of the molecule is C=C(C)CCC(=O)C(N)c1cnn(C)c1. The van der Waals surface area contributed by atoms with Gasteiger partial charge in [0.05, 0.1) is 12.2 Å². The van der Waals surface area contributed by atoms with Crippen molar-refractivity contribution in [2.75, 3.05) is 0 Å². The first-order valence-corrected chi connectivity index (χ1v) is 4.92. The van der Waals surface area contributed by atoms with E-state index in [-0.39, 0.29) is 5.78 Å². The average molecular weight is 207 g/mol. The molecule has 0 saturated carbocycles. The lowest BCUT2D eigenvalue weighted by molar-refractivity contribution is -0.120. The Morgan fingerprint density at radius 2 is 2.33 bits per heavy atom. The van der Waals surface area contributed by atoms with Crippen LogP contribution in [0.3, 0.4) is 0 Å². The lowest BCUT2D eigenvalue weighted by Crippen LogP contribution is -2.20. The van der Waals surface area contributed by atoms with E-state index in [4.69, 9.17) is 5.73 Å². The summed E-state index contributed by atoms with van der Waals surface area (Å²) in [6.07, 6.45) is 4.55. The summed E-state index contributed by atoms with van der Waals surface area (Å²) in [6, 6.07) is -0.557. The predicted octanol–water partition coefficient (Wildman–Crippen LogP) is 1.35. The molecule has 0 aliphatic heterocycles. The van der Waals surface area contributed by atoms with Gasteiger partial charge in [0.2, 0.25) is 0 Å². The molecule has 1 atom stereocenters. The zero-order valence-electron chi connectivity index (χ0n) is 9.23. The second-order valence-electron chi connectivity index (χ2n) is 3.85. The topological polar surface area (TPSA) is 60.9 Å². The number of aromatic nitrogens is 2. The quantitative estimate of drug-likeness (QED) is 0.741. The van der Waals surface area contributed by atoms with Crippen molar-refractivity contribution >= 4 is 5.78 Å². The molecule has 0 fully saturated rings. The van der Waals surface area contributed by atoms with Crippen LogP contribution in [-0.2, 0) is 11.8 Å². The van der Waals surface area contributed by atoms with Crippen LogP contribution in [0.5, 0.6) is 0 Å². The summed E-state index contributed by atoms with van der Waals surface area (Å²) in [4.78, 5) is 11.7. The molecule has 1 aromatic heterocycles. The van der Waals surface area contributed by atoms with Crippen LogP contribution in [0.25, 0.3) is 0 Å². The minimum absolute atomic E-state index is 0.0333. The third-order valence-corrected chi connectivity index (χ3v) is 2.23. The Morgan fingerprint density at radius 1 is 1.67 bits per heavy atom. The van der Waals surface area contributed by atoms with Gasteiger partial charge in [-0.2, -0.15) is 5.10 Å². The van der Waals surface area contributed by atoms with Gasteiger partial charge in [0, 0.05) is 25.2 Å². The van der Waals surface area contributed by atoms with Gasteiger partial charge in [0.15, 0.2) is 5.78 Å². The van der Waals surface area contributed by atoms with Crippen LogP contribution in [-0.4, -0.2) is 15.6 Å². The van der Waals surface area contributed by atoms with Crippen molar-refractivity contribution in [1.82, 2.24) is 9.78 Å². The molecule has 0 amide bonds. The maximum atomic E-state index is 11.7. The van der Waals surface area contributed by atoms with Gasteiger partial charge in [-0.25, -0.2) is 0 Å². The molecule has 4 nitrogen and oxygen atoms in total. The van der Waals surface area contributed by atoms with E-state index < -0.39 is 6.04 Å². The summed E-state index contributed by atoms with van der Waals surface area (Å²) in [5.41, 5.74) is 7.57. The highest BCUT2D eigenvalue weighted by molar-refractivity contribution is 5.85. The molecular formula is C11H17N3O. The van der Waals surface area contributed by atoms with E-state index in [1.165, 1.54) is 0 Å². The molecule has 82 valence electrons. The fraction of sp³-hybridized carbons (Fsp3) is 0.455. The fourth-order valence-corrected chi connectivity index (χ4v) is 1.28. The highest BCUT2D eigenvalue weighted by Gasteiger charge is 2.16. The third-order valence-electron chi connectivity index (χ3n) is 2.23. The lowest BCUT2D eigenvalue weighted by Gasteiger charge is -2.07. The maximum Gasteiger partial charge on any atom is 0.154 e. The molecular weight excluding hydrogens is 190 g/mol. The van der Waals surface area contributed by atoms with E-state index in [2.05, 4.69) is 11.7 Å². The number of Topliss-reactive ketones (excluding diaryl/α,β-unsaturated/α-hetero) is 1. The van der Waals surface area contributed by atoms with E-state index in [0.29, 0.717) is 12.8 Å². The van der Waals surface area contributed by atoms with Crippen molar-refractivity contribution in [3.63, 3.8) is 0 Å². The monoisotopic (exact) mass is 207 g/mol. The summed E-state index contributed by atoms with van der Waals surface area (Å²) in [5.74, 6) is 0.0333. The van der Waals surface area contributed by atoms with Crippen molar-refractivity contribution in [1.29, 1.82) is 0 Å². The molecule has 0 aliphatic carbocycles. The van der Waals surface area contributed by atoms with Crippen LogP contribution in [0.15, 0.2) is 24.5 Å². The van der Waals surface area contributed by atoms with Gasteiger partial charge < -0.3 is 5.73 Å². The molecule has 0 aliphatic rings. The molecule has 0 aromatic carbocycles. The number of hydrogen-bond acceptors (Lipinski definition) is 3. The Labute approximate surface area is 89.8 Å². The van der Waals surface area contributed by atoms with Gasteiger partial charge in [-0.15, -0.1) is 6.58 Å². The molecule has 1 rings (SSSR count). The van der Waals surface area contributed by atoms with Gasteiger partial charge >= 0.3 is 0 Å². The second kappa shape index (κ2) is 4.89. The summed E-state index contributed by atoms with van der Waals surface area (Å²) < 4.78 is 1.64. The van der Waals surface area contributed by atoms with Crippen LogP contribution in [0, 0.1) is 0 Å². The second-order valence-corrected chi connectivity index (χ2v) is 3.85. The number of nitrogens with zero attached hydrogens (tertiary/aromatic N) is 2. The van der Waals surface area contributed by atoms with Crippen molar-refractivity contribution in [2.45, 2.75) is 25.8 Å². The number of rotatable bonds is 5. The van der Waals surface area contributed by atoms with Crippen LogP contribution < -0.4 is 5.73 Å². The maximum absolute atomic E-state index is 11.7. The lowest BCUT2D eigenvalue weighted by atomic mass is 10.0. The Kier molecular flexibility index (Phi) is 3.80. The molecule has 1 heterocycles. The van der Waals surface area contributed by atoms with Gasteiger partial charge in [0.1, 0.15) is 0 Å². The molecule has 2 N–H and O–H groups in total.